The Labute approximate surface area is 131 Å². The number of fused-ring (bicyclic) bond motifs is 4. The third-order valence-electron chi connectivity index (χ3n) is 4.05. The van der Waals surface area contributed by atoms with Crippen LogP contribution in [-0.4, -0.2) is 15.0 Å². The van der Waals surface area contributed by atoms with Gasteiger partial charge in [-0.2, -0.15) is 0 Å². The third kappa shape index (κ3) is 1.82. The summed E-state index contributed by atoms with van der Waals surface area (Å²) in [6.07, 6.45) is 5.33. The van der Waals surface area contributed by atoms with Gasteiger partial charge >= 0.3 is 0 Å². The van der Waals surface area contributed by atoms with Gasteiger partial charge in [0.2, 0.25) is 5.71 Å². The Morgan fingerprint density at radius 3 is 2.78 bits per heavy atom. The number of furan rings is 1. The summed E-state index contributed by atoms with van der Waals surface area (Å²) in [4.78, 5) is 13.4. The van der Waals surface area contributed by atoms with E-state index in [-0.39, 0.29) is 0 Å². The van der Waals surface area contributed by atoms with Crippen LogP contribution in [0.25, 0.3) is 44.2 Å². The number of benzene rings is 1. The molecule has 4 aromatic heterocycles. The molecule has 4 heterocycles. The average molecular weight is 297 g/mol. The molecule has 0 N–H and O–H groups in total. The van der Waals surface area contributed by atoms with Crippen molar-refractivity contribution in [3.05, 3.63) is 67.1 Å². The van der Waals surface area contributed by atoms with Crippen LogP contribution < -0.4 is 0 Å². The smallest absolute Gasteiger partial charge is 0.227 e. The molecule has 0 saturated carbocycles. The average Bonchev–Trinajstić information content (AvgIpc) is 2.99. The summed E-state index contributed by atoms with van der Waals surface area (Å²) in [6, 6.07) is 16.0. The summed E-state index contributed by atoms with van der Waals surface area (Å²) < 4.78 is 5.86. The lowest BCUT2D eigenvalue weighted by Gasteiger charge is -2.04. The zero-order valence-electron chi connectivity index (χ0n) is 12.1. The molecule has 0 aliphatic heterocycles. The van der Waals surface area contributed by atoms with Gasteiger partial charge in [0.25, 0.3) is 0 Å². The number of aromatic nitrogens is 3. The van der Waals surface area contributed by atoms with E-state index in [0.717, 1.165) is 38.5 Å². The first-order valence-electron chi connectivity index (χ1n) is 7.37. The lowest BCUT2D eigenvalue weighted by atomic mass is 10.1. The van der Waals surface area contributed by atoms with E-state index in [0.29, 0.717) is 5.71 Å². The van der Waals surface area contributed by atoms with Crippen molar-refractivity contribution < 1.29 is 4.42 Å². The van der Waals surface area contributed by atoms with E-state index in [1.807, 2.05) is 42.6 Å². The van der Waals surface area contributed by atoms with Crippen molar-refractivity contribution in [2.24, 2.45) is 0 Å². The molecule has 0 aliphatic rings. The van der Waals surface area contributed by atoms with Gasteiger partial charge in [-0.05, 0) is 24.3 Å². The van der Waals surface area contributed by atoms with Gasteiger partial charge in [-0.3, -0.25) is 9.97 Å². The van der Waals surface area contributed by atoms with Gasteiger partial charge in [0.15, 0.2) is 0 Å². The van der Waals surface area contributed by atoms with Crippen molar-refractivity contribution in [1.82, 2.24) is 15.0 Å². The van der Waals surface area contributed by atoms with Gasteiger partial charge < -0.3 is 4.42 Å². The minimum atomic E-state index is 0.624. The van der Waals surface area contributed by atoms with Crippen LogP contribution in [0.15, 0.2) is 71.5 Å². The maximum Gasteiger partial charge on any atom is 0.227 e. The second-order valence-corrected chi connectivity index (χ2v) is 5.40. The zero-order valence-corrected chi connectivity index (χ0v) is 12.1. The zero-order chi connectivity index (χ0) is 15.2. The summed E-state index contributed by atoms with van der Waals surface area (Å²) in [6.45, 7) is 0. The normalized spacial score (nSPS) is 11.5. The second kappa shape index (κ2) is 4.61. The summed E-state index contributed by atoms with van der Waals surface area (Å²) in [7, 11) is 0. The Bertz CT molecular complexity index is 1170. The fourth-order valence-corrected chi connectivity index (χ4v) is 2.96. The molecule has 0 aliphatic carbocycles. The number of rotatable bonds is 1. The number of hydrogen-bond donors (Lipinski definition) is 0. The molecule has 1 aromatic carbocycles. The van der Waals surface area contributed by atoms with E-state index in [9.17, 15) is 0 Å². The predicted octanol–water partition coefficient (Wildman–Crippen LogP) is 4.59. The quantitative estimate of drug-likeness (QED) is 0.454. The van der Waals surface area contributed by atoms with Crippen molar-refractivity contribution in [3.8, 4) is 11.3 Å². The Kier molecular flexibility index (Phi) is 2.46. The van der Waals surface area contributed by atoms with Gasteiger partial charge in [-0.25, -0.2) is 4.98 Å². The highest BCUT2D eigenvalue weighted by Gasteiger charge is 2.11. The monoisotopic (exact) mass is 297 g/mol. The minimum absolute atomic E-state index is 0.624. The van der Waals surface area contributed by atoms with E-state index in [2.05, 4.69) is 22.1 Å². The summed E-state index contributed by atoms with van der Waals surface area (Å²) in [5, 5.41) is 3.06. The lowest BCUT2D eigenvalue weighted by molar-refractivity contribution is 0.654. The van der Waals surface area contributed by atoms with E-state index in [1.165, 1.54) is 0 Å². The van der Waals surface area contributed by atoms with Crippen LogP contribution in [0.3, 0.4) is 0 Å². The van der Waals surface area contributed by atoms with E-state index >= 15 is 0 Å². The van der Waals surface area contributed by atoms with Crippen LogP contribution in [0.5, 0.6) is 0 Å². The molecule has 5 aromatic rings. The molecule has 4 heteroatoms. The molecule has 0 amide bonds. The number of hydrogen-bond acceptors (Lipinski definition) is 4. The molecule has 0 spiro atoms. The lowest BCUT2D eigenvalue weighted by Crippen LogP contribution is -1.87. The molecule has 0 atom stereocenters. The minimum Gasteiger partial charge on any atom is -0.438 e. The van der Waals surface area contributed by atoms with E-state index in [4.69, 9.17) is 9.40 Å². The number of pyridine rings is 3. The van der Waals surface area contributed by atoms with Crippen LogP contribution in [0.4, 0.5) is 0 Å². The first-order chi connectivity index (χ1) is 11.4. The van der Waals surface area contributed by atoms with E-state index in [1.54, 1.807) is 12.4 Å². The highest BCUT2D eigenvalue weighted by Crippen LogP contribution is 2.31. The SMILES string of the molecule is c1cnc2c(-c3ccc4c(n3)oc3ccncc34)cccc2c1. The van der Waals surface area contributed by atoms with Crippen LogP contribution in [-0.2, 0) is 0 Å². The van der Waals surface area contributed by atoms with Crippen LogP contribution in [0.2, 0.25) is 0 Å². The first kappa shape index (κ1) is 12.3. The Balaban J connectivity index is 1.81. The molecule has 0 radical (unpaired) electrons. The molecule has 0 fully saturated rings. The largest absolute Gasteiger partial charge is 0.438 e. The van der Waals surface area contributed by atoms with Crippen LogP contribution in [0.1, 0.15) is 0 Å². The second-order valence-electron chi connectivity index (χ2n) is 5.40. The van der Waals surface area contributed by atoms with Crippen LogP contribution >= 0.6 is 0 Å². The highest BCUT2D eigenvalue weighted by molar-refractivity contribution is 6.04. The van der Waals surface area contributed by atoms with Gasteiger partial charge in [0.1, 0.15) is 5.58 Å². The molecule has 23 heavy (non-hydrogen) atoms. The summed E-state index contributed by atoms with van der Waals surface area (Å²) >= 11 is 0. The predicted molar refractivity (Wildman–Crippen MR) is 90.0 cm³/mol. The van der Waals surface area contributed by atoms with Crippen molar-refractivity contribution >= 4 is 33.0 Å². The molecule has 0 unspecified atom stereocenters. The molecule has 0 bridgehead atoms. The van der Waals surface area contributed by atoms with Crippen molar-refractivity contribution in [3.63, 3.8) is 0 Å². The third-order valence-corrected chi connectivity index (χ3v) is 4.05. The molecule has 0 saturated heterocycles. The Hall–Kier alpha value is -3.27. The maximum atomic E-state index is 5.86. The molecular formula is C19H11N3O. The molecular weight excluding hydrogens is 286 g/mol. The van der Waals surface area contributed by atoms with Gasteiger partial charge in [0.05, 0.1) is 11.2 Å². The van der Waals surface area contributed by atoms with Crippen molar-refractivity contribution in [1.29, 1.82) is 0 Å². The van der Waals surface area contributed by atoms with Gasteiger partial charge in [-0.1, -0.05) is 24.3 Å². The van der Waals surface area contributed by atoms with Gasteiger partial charge in [-0.15, -0.1) is 0 Å². The molecule has 5 rings (SSSR count). The first-order valence-corrected chi connectivity index (χ1v) is 7.37. The Morgan fingerprint density at radius 2 is 1.78 bits per heavy atom. The van der Waals surface area contributed by atoms with E-state index < -0.39 is 0 Å². The molecule has 4 nitrogen and oxygen atoms in total. The highest BCUT2D eigenvalue weighted by atomic mass is 16.3. The number of para-hydroxylation sites is 1. The standard InChI is InChI=1S/C19H11N3O/c1-3-12-4-2-9-21-18(12)14(5-1)16-7-6-13-15-11-20-10-8-17(15)23-19(13)22-16/h1-11H. The summed E-state index contributed by atoms with van der Waals surface area (Å²) in [5.74, 6) is 0. The number of nitrogens with zero attached hydrogens (tertiary/aromatic N) is 3. The van der Waals surface area contributed by atoms with Crippen LogP contribution in [0, 0.1) is 0 Å². The molecule has 108 valence electrons. The fourth-order valence-electron chi connectivity index (χ4n) is 2.96. The maximum absolute atomic E-state index is 5.86. The van der Waals surface area contributed by atoms with Crippen molar-refractivity contribution in [2.75, 3.05) is 0 Å². The summed E-state index contributed by atoms with van der Waals surface area (Å²) in [5.41, 5.74) is 4.23. The topological polar surface area (TPSA) is 51.8 Å². The van der Waals surface area contributed by atoms with Crippen molar-refractivity contribution in [2.45, 2.75) is 0 Å². The Morgan fingerprint density at radius 1 is 0.826 bits per heavy atom. The van der Waals surface area contributed by atoms with Gasteiger partial charge in [0, 0.05) is 40.3 Å². The fraction of sp³-hybridized carbons (Fsp3) is 0.